The molecule has 1 saturated heterocycles. The molecular weight excluding hydrogens is 284 g/mol. The van der Waals surface area contributed by atoms with Crippen molar-refractivity contribution >= 4 is 0 Å². The molecule has 0 saturated carbocycles. The predicted molar refractivity (Wildman–Crippen MR) is 80.4 cm³/mol. The highest BCUT2D eigenvalue weighted by molar-refractivity contribution is 5.03. The van der Waals surface area contributed by atoms with Crippen molar-refractivity contribution in [3.8, 4) is 0 Å². The molecule has 3 rings (SSSR count). The van der Waals surface area contributed by atoms with Crippen LogP contribution in [0, 0.1) is 0 Å². The number of rotatable bonds is 4. The van der Waals surface area contributed by atoms with Gasteiger partial charge in [0.05, 0.1) is 6.54 Å². The molecule has 2 aromatic rings. The van der Waals surface area contributed by atoms with Crippen LogP contribution in [0.5, 0.6) is 0 Å². The van der Waals surface area contributed by atoms with Gasteiger partial charge in [-0.05, 0) is 19.4 Å². The van der Waals surface area contributed by atoms with Gasteiger partial charge in [-0.3, -0.25) is 23.5 Å². The van der Waals surface area contributed by atoms with Gasteiger partial charge in [-0.15, -0.1) is 0 Å². The summed E-state index contributed by atoms with van der Waals surface area (Å²) < 4.78 is 4.50. The average Bonchev–Trinajstić information content (AvgIpc) is 3.15. The number of aromatic nitrogens is 5. The Bertz CT molecular complexity index is 761. The molecule has 1 aliphatic heterocycles. The Morgan fingerprint density at radius 3 is 2.82 bits per heavy atom. The summed E-state index contributed by atoms with van der Waals surface area (Å²) >= 11 is 0. The molecule has 1 fully saturated rings. The lowest BCUT2D eigenvalue weighted by atomic mass is 10.2. The van der Waals surface area contributed by atoms with E-state index in [1.54, 1.807) is 24.0 Å². The molecule has 3 heterocycles. The average molecular weight is 304 g/mol. The molecule has 0 aliphatic carbocycles. The van der Waals surface area contributed by atoms with E-state index in [-0.39, 0.29) is 11.2 Å². The first-order valence-corrected chi connectivity index (χ1v) is 7.38. The van der Waals surface area contributed by atoms with Crippen molar-refractivity contribution in [2.75, 3.05) is 6.54 Å². The SMILES string of the molecule is Cn1c(CN2CCC[C@@H]2Cn2cncn2)cc(=O)n(C)c1=O. The molecule has 1 atom stereocenters. The summed E-state index contributed by atoms with van der Waals surface area (Å²) in [4.78, 5) is 30.1. The monoisotopic (exact) mass is 304 g/mol. The van der Waals surface area contributed by atoms with Crippen LogP contribution < -0.4 is 11.2 Å². The molecular formula is C14H20N6O2. The Balaban J connectivity index is 1.80. The molecule has 0 N–H and O–H groups in total. The van der Waals surface area contributed by atoms with Gasteiger partial charge in [0.15, 0.2) is 0 Å². The lowest BCUT2D eigenvalue weighted by Crippen LogP contribution is -2.40. The zero-order chi connectivity index (χ0) is 15.7. The minimum atomic E-state index is -0.283. The van der Waals surface area contributed by atoms with Crippen LogP contribution in [-0.2, 0) is 27.2 Å². The molecule has 2 aromatic heterocycles. The Hall–Kier alpha value is -2.22. The van der Waals surface area contributed by atoms with Crippen LogP contribution in [0.2, 0.25) is 0 Å². The zero-order valence-electron chi connectivity index (χ0n) is 12.8. The number of nitrogens with zero attached hydrogens (tertiary/aromatic N) is 6. The molecule has 0 spiro atoms. The molecule has 22 heavy (non-hydrogen) atoms. The van der Waals surface area contributed by atoms with E-state index in [1.165, 1.54) is 13.4 Å². The summed E-state index contributed by atoms with van der Waals surface area (Å²) in [5.74, 6) is 0. The molecule has 118 valence electrons. The van der Waals surface area contributed by atoms with Crippen molar-refractivity contribution in [2.45, 2.75) is 32.0 Å². The standard InChI is InChI=1S/C14H20N6O2/c1-17-12(6-13(21)18(2)14(17)22)7-19-5-3-4-11(19)8-20-10-15-9-16-20/h6,9-11H,3-5,7-8H2,1-2H3/t11-/m1/s1. The van der Waals surface area contributed by atoms with Gasteiger partial charge in [0.2, 0.25) is 0 Å². The highest BCUT2D eigenvalue weighted by Gasteiger charge is 2.26. The third kappa shape index (κ3) is 2.74. The maximum Gasteiger partial charge on any atom is 0.330 e. The quantitative estimate of drug-likeness (QED) is 0.749. The molecule has 1 aliphatic rings. The van der Waals surface area contributed by atoms with Crippen LogP contribution in [0.3, 0.4) is 0 Å². The third-order valence-corrected chi connectivity index (χ3v) is 4.35. The normalized spacial score (nSPS) is 18.9. The fraction of sp³-hybridized carbons (Fsp3) is 0.571. The van der Waals surface area contributed by atoms with E-state index in [0.717, 1.165) is 36.2 Å². The van der Waals surface area contributed by atoms with Crippen molar-refractivity contribution in [2.24, 2.45) is 14.1 Å². The molecule has 0 bridgehead atoms. The van der Waals surface area contributed by atoms with E-state index < -0.39 is 0 Å². The van der Waals surface area contributed by atoms with Crippen LogP contribution in [0.1, 0.15) is 18.5 Å². The summed E-state index contributed by atoms with van der Waals surface area (Å²) in [6.07, 6.45) is 5.44. The van der Waals surface area contributed by atoms with Gasteiger partial charge in [-0.1, -0.05) is 0 Å². The van der Waals surface area contributed by atoms with E-state index in [2.05, 4.69) is 15.0 Å². The maximum absolute atomic E-state index is 12.0. The summed E-state index contributed by atoms with van der Waals surface area (Å²) in [6, 6.07) is 1.90. The van der Waals surface area contributed by atoms with Crippen LogP contribution in [0.15, 0.2) is 28.3 Å². The first-order valence-electron chi connectivity index (χ1n) is 7.38. The first-order chi connectivity index (χ1) is 10.6. The highest BCUT2D eigenvalue weighted by atomic mass is 16.2. The van der Waals surface area contributed by atoms with E-state index in [0.29, 0.717) is 12.6 Å². The van der Waals surface area contributed by atoms with Crippen LogP contribution in [0.25, 0.3) is 0 Å². The molecule has 0 aromatic carbocycles. The van der Waals surface area contributed by atoms with Crippen LogP contribution in [0.4, 0.5) is 0 Å². The van der Waals surface area contributed by atoms with E-state index >= 15 is 0 Å². The summed E-state index contributed by atoms with van der Waals surface area (Å²) in [5.41, 5.74) is 0.207. The van der Waals surface area contributed by atoms with Crippen molar-refractivity contribution < 1.29 is 0 Å². The van der Waals surface area contributed by atoms with Gasteiger partial charge >= 0.3 is 5.69 Å². The second kappa shape index (κ2) is 5.88. The third-order valence-electron chi connectivity index (χ3n) is 4.35. The Kier molecular flexibility index (Phi) is 3.93. The van der Waals surface area contributed by atoms with Gasteiger partial charge in [0.25, 0.3) is 5.56 Å². The predicted octanol–water partition coefficient (Wildman–Crippen LogP) is -0.660. The summed E-state index contributed by atoms with van der Waals surface area (Å²) in [7, 11) is 3.21. The van der Waals surface area contributed by atoms with Gasteiger partial charge in [-0.2, -0.15) is 5.10 Å². The van der Waals surface area contributed by atoms with Gasteiger partial charge in [-0.25, -0.2) is 9.78 Å². The van der Waals surface area contributed by atoms with Crippen LogP contribution >= 0.6 is 0 Å². The molecule has 0 unspecified atom stereocenters. The number of hydrogen-bond acceptors (Lipinski definition) is 5. The van der Waals surface area contributed by atoms with E-state index in [4.69, 9.17) is 0 Å². The lowest BCUT2D eigenvalue weighted by molar-refractivity contribution is 0.213. The topological polar surface area (TPSA) is 78.0 Å². The Morgan fingerprint density at radius 1 is 1.27 bits per heavy atom. The zero-order valence-corrected chi connectivity index (χ0v) is 12.8. The Morgan fingerprint density at radius 2 is 2.09 bits per heavy atom. The second-order valence-electron chi connectivity index (χ2n) is 5.76. The lowest BCUT2D eigenvalue weighted by Gasteiger charge is -2.25. The second-order valence-corrected chi connectivity index (χ2v) is 5.76. The van der Waals surface area contributed by atoms with Crippen molar-refractivity contribution in [3.05, 3.63) is 45.3 Å². The van der Waals surface area contributed by atoms with Crippen molar-refractivity contribution in [1.82, 2.24) is 28.8 Å². The number of hydrogen-bond donors (Lipinski definition) is 0. The van der Waals surface area contributed by atoms with Gasteiger partial charge in [0.1, 0.15) is 12.7 Å². The fourth-order valence-corrected chi connectivity index (χ4v) is 2.99. The van der Waals surface area contributed by atoms with Gasteiger partial charge < -0.3 is 0 Å². The summed E-state index contributed by atoms with van der Waals surface area (Å²) in [5, 5.41) is 4.15. The first kappa shape index (κ1) is 14.7. The minimum absolute atomic E-state index is 0.259. The Labute approximate surface area is 127 Å². The van der Waals surface area contributed by atoms with E-state index in [1.807, 2.05) is 4.68 Å². The fourth-order valence-electron chi connectivity index (χ4n) is 2.99. The maximum atomic E-state index is 12.0. The van der Waals surface area contributed by atoms with Crippen molar-refractivity contribution in [3.63, 3.8) is 0 Å². The number of likely N-dealkylation sites (tertiary alicyclic amines) is 1. The molecule has 8 nitrogen and oxygen atoms in total. The molecule has 8 heteroatoms. The van der Waals surface area contributed by atoms with E-state index in [9.17, 15) is 9.59 Å². The molecule has 0 amide bonds. The minimum Gasteiger partial charge on any atom is -0.299 e. The van der Waals surface area contributed by atoms with Crippen LogP contribution in [-0.4, -0.2) is 41.4 Å². The molecule has 0 radical (unpaired) electrons. The summed E-state index contributed by atoms with van der Waals surface area (Å²) in [6.45, 7) is 2.34. The highest BCUT2D eigenvalue weighted by Crippen LogP contribution is 2.20. The smallest absolute Gasteiger partial charge is 0.299 e. The van der Waals surface area contributed by atoms with Gasteiger partial charge in [0, 0.05) is 38.4 Å². The largest absolute Gasteiger partial charge is 0.330 e. The van der Waals surface area contributed by atoms with Crippen molar-refractivity contribution in [1.29, 1.82) is 0 Å².